The number of nitrogens with zero attached hydrogens (tertiary/aromatic N) is 2. The van der Waals surface area contributed by atoms with E-state index in [0.29, 0.717) is 23.7 Å². The molecule has 2 aliphatic heterocycles. The smallest absolute Gasteiger partial charge is 0.264 e. The second-order valence-electron chi connectivity index (χ2n) is 12.1. The second kappa shape index (κ2) is 12.4. The van der Waals surface area contributed by atoms with Gasteiger partial charge in [0.05, 0.1) is 24.2 Å². The molecule has 0 unspecified atom stereocenters. The molecule has 2 heterocycles. The maximum Gasteiger partial charge on any atom is 0.264 e. The number of nitrogens with one attached hydrogen (secondary N) is 1. The number of fused-ring (bicyclic) bond motifs is 1. The van der Waals surface area contributed by atoms with Crippen LogP contribution in [0.2, 0.25) is 0 Å². The average molecular weight is 592 g/mol. The van der Waals surface area contributed by atoms with Gasteiger partial charge in [0.1, 0.15) is 11.5 Å². The highest BCUT2D eigenvalue weighted by Crippen LogP contribution is 2.40. The van der Waals surface area contributed by atoms with Crippen molar-refractivity contribution in [3.63, 3.8) is 0 Å². The molecule has 224 valence electrons. The minimum absolute atomic E-state index is 0.114. The summed E-state index contributed by atoms with van der Waals surface area (Å²) in [6, 6.07) is 20.0. The Morgan fingerprint density at radius 3 is 2.33 bits per heavy atom. The van der Waals surface area contributed by atoms with Gasteiger partial charge in [-0.25, -0.2) is 8.42 Å². The van der Waals surface area contributed by atoms with Gasteiger partial charge >= 0.3 is 0 Å². The van der Waals surface area contributed by atoms with E-state index in [2.05, 4.69) is 37.1 Å². The van der Waals surface area contributed by atoms with Crippen LogP contribution in [-0.2, 0) is 33.3 Å². The molecule has 0 aromatic heterocycles. The lowest BCUT2D eigenvalue weighted by Crippen LogP contribution is -2.50. The minimum Gasteiger partial charge on any atom is -0.497 e. The fraction of sp³-hybridized carbons (Fsp3) is 0.424. The number of hydrogen-bond donors (Lipinski definition) is 1. The zero-order valence-electron chi connectivity index (χ0n) is 24.9. The van der Waals surface area contributed by atoms with E-state index in [4.69, 9.17) is 9.47 Å². The molecular formula is C33H41N3O5S. The Kier molecular flexibility index (Phi) is 8.80. The molecule has 1 saturated heterocycles. The van der Waals surface area contributed by atoms with Gasteiger partial charge in [0.15, 0.2) is 6.10 Å². The molecule has 8 nitrogen and oxygen atoms in total. The summed E-state index contributed by atoms with van der Waals surface area (Å²) >= 11 is 0. The second-order valence-corrected chi connectivity index (χ2v) is 13.9. The van der Waals surface area contributed by atoms with Crippen molar-refractivity contribution in [2.24, 2.45) is 0 Å². The van der Waals surface area contributed by atoms with E-state index in [9.17, 15) is 13.2 Å². The number of benzene rings is 3. The number of carbonyl (C=O) groups excluding carboxylic acids is 1. The van der Waals surface area contributed by atoms with Crippen molar-refractivity contribution in [2.75, 3.05) is 31.0 Å². The molecule has 0 saturated carbocycles. The largest absolute Gasteiger partial charge is 0.497 e. The van der Waals surface area contributed by atoms with E-state index in [1.165, 1.54) is 48.4 Å². The highest BCUT2D eigenvalue weighted by Gasteiger charge is 2.38. The number of ether oxygens (including phenoxy) is 2. The first-order valence-corrected chi connectivity index (χ1v) is 16.0. The molecule has 5 rings (SSSR count). The van der Waals surface area contributed by atoms with Crippen molar-refractivity contribution in [1.82, 2.24) is 10.2 Å². The molecule has 0 radical (unpaired) electrons. The van der Waals surface area contributed by atoms with Crippen LogP contribution in [0.4, 0.5) is 5.69 Å². The standard InChI is InChI=1S/C33H41N3O5S/c1-33(2,3)26-12-17-30-29(20-26)36(42(38,39)28-15-13-27(40-4)14-16-28)23-31(41-30)32(37)34-21-24-10-6-7-11-25(24)22-35-18-8-5-9-19-35/h6-7,10-17,20,31H,5,8-9,18-19,21-23H2,1-4H3,(H,34,37)/t31-/m0/s1. The van der Waals surface area contributed by atoms with Gasteiger partial charge in [-0.1, -0.05) is 57.5 Å². The Bertz CT molecular complexity index is 1510. The van der Waals surface area contributed by atoms with Gasteiger partial charge in [0, 0.05) is 13.1 Å². The average Bonchev–Trinajstić information content (AvgIpc) is 2.99. The zero-order chi connectivity index (χ0) is 29.9. The summed E-state index contributed by atoms with van der Waals surface area (Å²) < 4.78 is 40.6. The van der Waals surface area contributed by atoms with Gasteiger partial charge in [-0.3, -0.25) is 14.0 Å². The molecule has 0 aliphatic carbocycles. The normalized spacial score (nSPS) is 17.7. The summed E-state index contributed by atoms with van der Waals surface area (Å²) in [5.41, 5.74) is 3.42. The predicted octanol–water partition coefficient (Wildman–Crippen LogP) is 5.25. The van der Waals surface area contributed by atoms with Crippen molar-refractivity contribution in [3.05, 3.63) is 83.4 Å². The number of methoxy groups -OCH3 is 1. The molecule has 42 heavy (non-hydrogen) atoms. The van der Waals surface area contributed by atoms with Crippen LogP contribution >= 0.6 is 0 Å². The van der Waals surface area contributed by atoms with E-state index in [1.54, 1.807) is 18.2 Å². The Hall–Kier alpha value is -3.56. The van der Waals surface area contributed by atoms with E-state index < -0.39 is 16.1 Å². The van der Waals surface area contributed by atoms with Gasteiger partial charge in [-0.05, 0) is 84.4 Å². The molecule has 1 N–H and O–H groups in total. The lowest BCUT2D eigenvalue weighted by molar-refractivity contribution is -0.127. The highest BCUT2D eigenvalue weighted by molar-refractivity contribution is 7.92. The van der Waals surface area contributed by atoms with E-state index in [0.717, 1.165) is 30.8 Å². The van der Waals surface area contributed by atoms with E-state index in [1.807, 2.05) is 30.3 Å². The van der Waals surface area contributed by atoms with Crippen molar-refractivity contribution >= 4 is 21.6 Å². The third kappa shape index (κ3) is 6.57. The molecule has 1 atom stereocenters. The Labute approximate surface area is 249 Å². The number of anilines is 1. The SMILES string of the molecule is COc1ccc(S(=O)(=O)N2C[C@@H](C(=O)NCc3ccccc3CN3CCCCC3)Oc3ccc(C(C)(C)C)cc32)cc1. The minimum atomic E-state index is -4.01. The Balaban J connectivity index is 1.39. The van der Waals surface area contributed by atoms with Gasteiger partial charge in [-0.15, -0.1) is 0 Å². The van der Waals surface area contributed by atoms with Crippen molar-refractivity contribution in [1.29, 1.82) is 0 Å². The summed E-state index contributed by atoms with van der Waals surface area (Å²) in [7, 11) is -2.47. The first kappa shape index (κ1) is 29.9. The summed E-state index contributed by atoms with van der Waals surface area (Å²) in [6.45, 7) is 9.43. The molecule has 0 spiro atoms. The van der Waals surface area contributed by atoms with Crippen LogP contribution in [0.15, 0.2) is 71.6 Å². The van der Waals surface area contributed by atoms with Crippen molar-refractivity contribution in [3.8, 4) is 11.5 Å². The van der Waals surface area contributed by atoms with Gasteiger partial charge < -0.3 is 14.8 Å². The van der Waals surface area contributed by atoms with E-state index >= 15 is 0 Å². The molecule has 0 bridgehead atoms. The van der Waals surface area contributed by atoms with Crippen molar-refractivity contribution in [2.45, 2.75) is 69.5 Å². The Morgan fingerprint density at radius 2 is 1.67 bits per heavy atom. The third-order valence-electron chi connectivity index (χ3n) is 8.05. The van der Waals surface area contributed by atoms with Crippen LogP contribution in [0.3, 0.4) is 0 Å². The highest BCUT2D eigenvalue weighted by atomic mass is 32.2. The first-order chi connectivity index (χ1) is 20.1. The number of rotatable bonds is 8. The molecular weight excluding hydrogens is 550 g/mol. The number of hydrogen-bond acceptors (Lipinski definition) is 6. The zero-order valence-corrected chi connectivity index (χ0v) is 25.7. The summed E-state index contributed by atoms with van der Waals surface area (Å²) in [6.07, 6.45) is 2.70. The monoisotopic (exact) mass is 591 g/mol. The lowest BCUT2D eigenvalue weighted by atomic mass is 9.86. The maximum absolute atomic E-state index is 14.0. The molecule has 1 amide bonds. The van der Waals surface area contributed by atoms with Crippen LogP contribution in [0.25, 0.3) is 0 Å². The first-order valence-electron chi connectivity index (χ1n) is 14.6. The topological polar surface area (TPSA) is 88.2 Å². The number of carbonyl (C=O) groups is 1. The predicted molar refractivity (Wildman–Crippen MR) is 165 cm³/mol. The number of sulfonamides is 1. The fourth-order valence-electron chi connectivity index (χ4n) is 5.50. The lowest BCUT2D eigenvalue weighted by Gasteiger charge is -2.36. The number of likely N-dealkylation sites (tertiary alicyclic amines) is 1. The van der Waals surface area contributed by atoms with Crippen LogP contribution in [0, 0.1) is 0 Å². The van der Waals surface area contributed by atoms with Crippen molar-refractivity contribution < 1.29 is 22.7 Å². The van der Waals surface area contributed by atoms with Crippen LogP contribution in [0.1, 0.15) is 56.7 Å². The number of piperidine rings is 1. The maximum atomic E-state index is 14.0. The van der Waals surface area contributed by atoms with Gasteiger partial charge in [0.2, 0.25) is 0 Å². The molecule has 3 aromatic carbocycles. The Morgan fingerprint density at radius 1 is 0.976 bits per heavy atom. The molecule has 3 aromatic rings. The number of amides is 1. The van der Waals surface area contributed by atoms with E-state index in [-0.39, 0.29) is 22.8 Å². The summed E-state index contributed by atoms with van der Waals surface area (Å²) in [5.74, 6) is 0.560. The van der Waals surface area contributed by atoms with Gasteiger partial charge in [0.25, 0.3) is 15.9 Å². The molecule has 2 aliphatic rings. The summed E-state index contributed by atoms with van der Waals surface area (Å²) in [5, 5.41) is 3.02. The van der Waals surface area contributed by atoms with Gasteiger partial charge in [-0.2, -0.15) is 0 Å². The molecule has 9 heteroatoms. The van der Waals surface area contributed by atoms with Crippen LogP contribution in [0.5, 0.6) is 11.5 Å². The quantitative estimate of drug-likeness (QED) is 0.385. The fourth-order valence-corrected chi connectivity index (χ4v) is 6.96. The summed E-state index contributed by atoms with van der Waals surface area (Å²) in [4.78, 5) is 16.1. The third-order valence-corrected chi connectivity index (χ3v) is 9.84. The van der Waals surface area contributed by atoms with Crippen LogP contribution < -0.4 is 19.1 Å². The van der Waals surface area contributed by atoms with Crippen LogP contribution in [-0.4, -0.2) is 52.1 Å². The molecule has 1 fully saturated rings.